The van der Waals surface area contributed by atoms with Gasteiger partial charge in [0.25, 0.3) is 0 Å². The summed E-state index contributed by atoms with van der Waals surface area (Å²) < 4.78 is 0. The van der Waals surface area contributed by atoms with Crippen LogP contribution in [0.3, 0.4) is 0 Å². The number of nitrogens with zero attached hydrogens (tertiary/aromatic N) is 1. The molecule has 2 nitrogen and oxygen atoms in total. The predicted molar refractivity (Wildman–Crippen MR) is 58.5 cm³/mol. The summed E-state index contributed by atoms with van der Waals surface area (Å²) in [5.41, 5.74) is 7.32. The minimum atomic E-state index is 0.129. The summed E-state index contributed by atoms with van der Waals surface area (Å²) in [6.45, 7) is 4.32. The molecule has 1 rings (SSSR count). The average Bonchev–Trinajstić information content (AvgIpc) is 2.63. The van der Waals surface area contributed by atoms with Crippen molar-refractivity contribution < 1.29 is 0 Å². The van der Waals surface area contributed by atoms with Crippen LogP contribution in [0.15, 0.2) is 11.6 Å². The van der Waals surface area contributed by atoms with Crippen LogP contribution >= 0.6 is 0 Å². The molecule has 0 amide bonds. The minimum Gasteiger partial charge on any atom is -0.324 e. The Morgan fingerprint density at radius 2 is 2.43 bits per heavy atom. The van der Waals surface area contributed by atoms with Gasteiger partial charge in [0.1, 0.15) is 0 Å². The van der Waals surface area contributed by atoms with Crippen molar-refractivity contribution in [3.8, 4) is 6.07 Å². The predicted octanol–water partition coefficient (Wildman–Crippen LogP) is 2.61. The van der Waals surface area contributed by atoms with E-state index in [4.69, 9.17) is 11.0 Å². The molecule has 1 aliphatic carbocycles. The molecule has 0 aromatic rings. The van der Waals surface area contributed by atoms with Gasteiger partial charge in [-0.3, -0.25) is 0 Å². The first-order valence-corrected chi connectivity index (χ1v) is 5.54. The number of nitriles is 1. The molecule has 0 aliphatic heterocycles. The standard InChI is InChI=1S/C12H20N2/c1-3-9(2)12(14)7-10-5-4-6-11(10)8-13/h7,9,11-12H,3-6,14H2,1-2H3/b10-7+/t9-,11?,12?/m1/s1. The zero-order chi connectivity index (χ0) is 10.6. The maximum Gasteiger partial charge on any atom is 0.0700 e. The van der Waals surface area contributed by atoms with E-state index in [2.05, 4.69) is 26.0 Å². The van der Waals surface area contributed by atoms with E-state index in [-0.39, 0.29) is 12.0 Å². The van der Waals surface area contributed by atoms with Gasteiger partial charge in [-0.1, -0.05) is 31.9 Å². The number of hydrogen-bond donors (Lipinski definition) is 1. The van der Waals surface area contributed by atoms with Crippen LogP contribution in [0.4, 0.5) is 0 Å². The summed E-state index contributed by atoms with van der Waals surface area (Å²) in [6.07, 6.45) is 6.48. The summed E-state index contributed by atoms with van der Waals surface area (Å²) >= 11 is 0. The highest BCUT2D eigenvalue weighted by molar-refractivity contribution is 5.20. The zero-order valence-electron chi connectivity index (χ0n) is 9.16. The molecule has 1 fully saturated rings. The van der Waals surface area contributed by atoms with Crippen molar-refractivity contribution in [1.29, 1.82) is 5.26 Å². The van der Waals surface area contributed by atoms with Crippen LogP contribution in [0.1, 0.15) is 39.5 Å². The fraction of sp³-hybridized carbons (Fsp3) is 0.750. The number of rotatable bonds is 3. The fourth-order valence-electron chi connectivity index (χ4n) is 1.90. The van der Waals surface area contributed by atoms with Gasteiger partial charge < -0.3 is 5.73 Å². The minimum absolute atomic E-state index is 0.129. The molecule has 2 unspecified atom stereocenters. The normalized spacial score (nSPS) is 28.7. The largest absolute Gasteiger partial charge is 0.324 e. The second kappa shape index (κ2) is 5.17. The lowest BCUT2D eigenvalue weighted by Gasteiger charge is -2.15. The van der Waals surface area contributed by atoms with Crippen molar-refractivity contribution in [1.82, 2.24) is 0 Å². The number of nitrogens with two attached hydrogens (primary N) is 1. The van der Waals surface area contributed by atoms with Gasteiger partial charge in [0.2, 0.25) is 0 Å². The van der Waals surface area contributed by atoms with E-state index < -0.39 is 0 Å². The van der Waals surface area contributed by atoms with Crippen LogP contribution in [-0.2, 0) is 0 Å². The summed E-state index contributed by atoms with van der Waals surface area (Å²) in [4.78, 5) is 0. The van der Waals surface area contributed by atoms with Crippen LogP contribution in [0.2, 0.25) is 0 Å². The molecule has 0 spiro atoms. The van der Waals surface area contributed by atoms with Gasteiger partial charge in [-0.15, -0.1) is 0 Å². The molecule has 0 saturated heterocycles. The zero-order valence-corrected chi connectivity index (χ0v) is 9.16. The van der Waals surface area contributed by atoms with Crippen molar-refractivity contribution in [3.05, 3.63) is 11.6 Å². The van der Waals surface area contributed by atoms with E-state index in [0.717, 1.165) is 25.7 Å². The third-order valence-corrected chi connectivity index (χ3v) is 3.27. The third kappa shape index (κ3) is 2.59. The average molecular weight is 192 g/mol. The van der Waals surface area contributed by atoms with Gasteiger partial charge in [0, 0.05) is 6.04 Å². The second-order valence-electron chi connectivity index (χ2n) is 4.28. The Morgan fingerprint density at radius 1 is 1.71 bits per heavy atom. The lowest BCUT2D eigenvalue weighted by Crippen LogP contribution is -2.26. The van der Waals surface area contributed by atoms with Gasteiger partial charge in [0.05, 0.1) is 12.0 Å². The van der Waals surface area contributed by atoms with E-state index in [0.29, 0.717) is 5.92 Å². The Labute approximate surface area is 86.8 Å². The maximum absolute atomic E-state index is 8.91. The molecule has 0 aromatic carbocycles. The molecule has 2 N–H and O–H groups in total. The van der Waals surface area contributed by atoms with E-state index in [1.165, 1.54) is 5.57 Å². The van der Waals surface area contributed by atoms with Crippen LogP contribution in [0, 0.1) is 23.2 Å². The van der Waals surface area contributed by atoms with Gasteiger partial charge in [-0.05, 0) is 25.2 Å². The van der Waals surface area contributed by atoms with Crippen molar-refractivity contribution >= 4 is 0 Å². The molecule has 0 heterocycles. The van der Waals surface area contributed by atoms with E-state index in [1.807, 2.05) is 0 Å². The van der Waals surface area contributed by atoms with Gasteiger partial charge in [-0.25, -0.2) is 0 Å². The number of hydrogen-bond acceptors (Lipinski definition) is 2. The SMILES string of the molecule is CC[C@@H](C)C(N)/C=C1\CCCC1C#N. The Kier molecular flexibility index (Phi) is 4.16. The third-order valence-electron chi connectivity index (χ3n) is 3.27. The van der Waals surface area contributed by atoms with E-state index in [9.17, 15) is 0 Å². The maximum atomic E-state index is 8.91. The highest BCUT2D eigenvalue weighted by Crippen LogP contribution is 2.31. The fourth-order valence-corrected chi connectivity index (χ4v) is 1.90. The molecule has 14 heavy (non-hydrogen) atoms. The first kappa shape index (κ1) is 11.3. The van der Waals surface area contributed by atoms with Crippen LogP contribution < -0.4 is 5.73 Å². The van der Waals surface area contributed by atoms with Crippen molar-refractivity contribution in [2.75, 3.05) is 0 Å². The first-order chi connectivity index (χ1) is 6.69. The molecule has 0 bridgehead atoms. The highest BCUT2D eigenvalue weighted by Gasteiger charge is 2.21. The molecule has 78 valence electrons. The van der Waals surface area contributed by atoms with E-state index in [1.54, 1.807) is 0 Å². The number of allylic oxidation sites excluding steroid dienone is 1. The molecule has 0 aromatic heterocycles. The lowest BCUT2D eigenvalue weighted by molar-refractivity contribution is 0.499. The topological polar surface area (TPSA) is 49.8 Å². The summed E-state index contributed by atoms with van der Waals surface area (Å²) in [6, 6.07) is 2.48. The lowest BCUT2D eigenvalue weighted by atomic mass is 9.95. The Morgan fingerprint density at radius 3 is 3.00 bits per heavy atom. The van der Waals surface area contributed by atoms with Crippen molar-refractivity contribution in [3.63, 3.8) is 0 Å². The molecule has 1 aliphatic rings. The summed E-state index contributed by atoms with van der Waals surface area (Å²) in [5, 5.41) is 8.91. The monoisotopic (exact) mass is 192 g/mol. The Balaban J connectivity index is 2.63. The van der Waals surface area contributed by atoms with Crippen molar-refractivity contribution in [2.24, 2.45) is 17.6 Å². The summed E-state index contributed by atoms with van der Waals surface area (Å²) in [5.74, 6) is 0.660. The van der Waals surface area contributed by atoms with Crippen LogP contribution in [-0.4, -0.2) is 6.04 Å². The molecular weight excluding hydrogens is 172 g/mol. The second-order valence-corrected chi connectivity index (χ2v) is 4.28. The Bertz CT molecular complexity index is 250. The molecular formula is C12H20N2. The smallest absolute Gasteiger partial charge is 0.0700 e. The molecule has 1 saturated carbocycles. The van der Waals surface area contributed by atoms with Gasteiger partial charge in [-0.2, -0.15) is 5.26 Å². The van der Waals surface area contributed by atoms with E-state index >= 15 is 0 Å². The Hall–Kier alpha value is -0.810. The van der Waals surface area contributed by atoms with Crippen molar-refractivity contribution in [2.45, 2.75) is 45.6 Å². The molecule has 0 radical (unpaired) electrons. The highest BCUT2D eigenvalue weighted by atomic mass is 14.6. The quantitative estimate of drug-likeness (QED) is 0.699. The van der Waals surface area contributed by atoms with Gasteiger partial charge in [0.15, 0.2) is 0 Å². The van der Waals surface area contributed by atoms with Crippen LogP contribution in [0.25, 0.3) is 0 Å². The summed E-state index contributed by atoms with van der Waals surface area (Å²) in [7, 11) is 0. The molecule has 2 heteroatoms. The first-order valence-electron chi connectivity index (χ1n) is 5.54. The molecule has 3 atom stereocenters. The van der Waals surface area contributed by atoms with Gasteiger partial charge >= 0.3 is 0 Å². The van der Waals surface area contributed by atoms with Crippen LogP contribution in [0.5, 0.6) is 0 Å².